The molecule has 0 fully saturated rings. The van der Waals surface area contributed by atoms with E-state index in [4.69, 9.17) is 0 Å². The van der Waals surface area contributed by atoms with Gasteiger partial charge >= 0.3 is 0 Å². The Kier molecular flexibility index (Phi) is 4.05. The number of hydrogen-bond acceptors (Lipinski definition) is 3. The van der Waals surface area contributed by atoms with Gasteiger partial charge in [0, 0.05) is 22.2 Å². The van der Waals surface area contributed by atoms with Gasteiger partial charge in [-0.1, -0.05) is 24.3 Å². The monoisotopic (exact) mass is 388 g/mol. The van der Waals surface area contributed by atoms with E-state index in [0.717, 1.165) is 24.0 Å². The fourth-order valence-corrected chi connectivity index (χ4v) is 5.29. The van der Waals surface area contributed by atoms with Gasteiger partial charge in [-0.2, -0.15) is 0 Å². The van der Waals surface area contributed by atoms with Crippen LogP contribution in [0, 0.1) is 0 Å². The molecule has 0 aliphatic carbocycles. The maximum atomic E-state index is 13.3. The first-order valence-corrected chi connectivity index (χ1v) is 10.4. The second-order valence-electron chi connectivity index (χ2n) is 7.26. The van der Waals surface area contributed by atoms with Crippen molar-refractivity contribution >= 4 is 39.0 Å². The molecule has 5 heteroatoms. The number of benzene rings is 2. The summed E-state index contributed by atoms with van der Waals surface area (Å²) >= 11 is 1.77. The summed E-state index contributed by atoms with van der Waals surface area (Å²) in [5.74, 6) is 0.0864. The Balaban J connectivity index is 1.61. The highest BCUT2D eigenvalue weighted by molar-refractivity contribution is 7.10. The number of thiophene rings is 1. The van der Waals surface area contributed by atoms with Crippen molar-refractivity contribution in [3.63, 3.8) is 0 Å². The molecule has 0 spiro atoms. The molecule has 1 aliphatic heterocycles. The maximum absolute atomic E-state index is 13.3. The zero-order valence-corrected chi connectivity index (χ0v) is 16.4. The Morgan fingerprint density at radius 1 is 1.04 bits per heavy atom. The van der Waals surface area contributed by atoms with Crippen molar-refractivity contribution in [1.82, 2.24) is 9.47 Å². The summed E-state index contributed by atoms with van der Waals surface area (Å²) in [5, 5.41) is 3.42. The van der Waals surface area contributed by atoms with Crippen LogP contribution in [0.1, 0.15) is 23.4 Å². The van der Waals surface area contributed by atoms with Crippen LogP contribution in [0.3, 0.4) is 0 Å². The number of nitrogens with zero attached hydrogens (tertiary/aromatic N) is 2. The van der Waals surface area contributed by atoms with Crippen LogP contribution in [-0.2, 0) is 17.8 Å². The van der Waals surface area contributed by atoms with Crippen LogP contribution in [0.25, 0.3) is 21.8 Å². The molecular formula is C23H20N2O2S. The molecule has 28 heavy (non-hydrogen) atoms. The van der Waals surface area contributed by atoms with Crippen molar-refractivity contribution in [1.29, 1.82) is 0 Å². The number of hydrogen-bond donors (Lipinski definition) is 0. The number of fused-ring (bicyclic) bond motifs is 3. The van der Waals surface area contributed by atoms with Crippen LogP contribution < -0.4 is 5.43 Å². The van der Waals surface area contributed by atoms with Crippen molar-refractivity contribution in [2.75, 3.05) is 6.54 Å². The highest BCUT2D eigenvalue weighted by Crippen LogP contribution is 2.33. The van der Waals surface area contributed by atoms with Gasteiger partial charge in [0.05, 0.1) is 17.1 Å². The Hall–Kier alpha value is -2.92. The molecule has 4 nitrogen and oxygen atoms in total. The summed E-state index contributed by atoms with van der Waals surface area (Å²) in [5.41, 5.74) is 2.89. The molecule has 140 valence electrons. The number of para-hydroxylation sites is 2. The van der Waals surface area contributed by atoms with E-state index in [9.17, 15) is 9.59 Å². The van der Waals surface area contributed by atoms with E-state index in [1.165, 1.54) is 10.4 Å². The van der Waals surface area contributed by atoms with Gasteiger partial charge in [-0.3, -0.25) is 9.59 Å². The van der Waals surface area contributed by atoms with Crippen molar-refractivity contribution in [2.24, 2.45) is 0 Å². The summed E-state index contributed by atoms with van der Waals surface area (Å²) in [6.07, 6.45) is 0.911. The molecular weight excluding hydrogens is 368 g/mol. The first-order chi connectivity index (χ1) is 13.6. The quantitative estimate of drug-likeness (QED) is 0.479. The maximum Gasteiger partial charge on any atom is 0.243 e. The largest absolute Gasteiger partial charge is 0.334 e. The predicted molar refractivity (Wildman–Crippen MR) is 114 cm³/mol. The Labute approximate surface area is 166 Å². The lowest BCUT2D eigenvalue weighted by Gasteiger charge is -2.34. The number of rotatable bonds is 2. The number of pyridine rings is 1. The second kappa shape index (κ2) is 6.60. The molecule has 0 saturated carbocycles. The molecule has 4 aromatic rings. The lowest BCUT2D eigenvalue weighted by atomic mass is 10.0. The summed E-state index contributed by atoms with van der Waals surface area (Å²) in [6.45, 7) is 3.07. The van der Waals surface area contributed by atoms with E-state index in [0.29, 0.717) is 10.8 Å². The molecule has 0 N–H and O–H groups in total. The van der Waals surface area contributed by atoms with Gasteiger partial charge in [0.25, 0.3) is 0 Å². The van der Waals surface area contributed by atoms with E-state index in [-0.39, 0.29) is 23.9 Å². The standard InChI is InChI=1S/C23H20N2O2S/c1-15-16-11-13-28-21(16)10-12-24(15)22(26)14-25-19-8-4-2-6-17(19)23(27)18-7-3-5-9-20(18)25/h2-9,11,13,15H,10,12,14H2,1H3/t15-/m1/s1. The molecule has 0 bridgehead atoms. The third kappa shape index (κ3) is 2.58. The van der Waals surface area contributed by atoms with Crippen molar-refractivity contribution < 1.29 is 4.79 Å². The minimum atomic E-state index is 0.0177. The highest BCUT2D eigenvalue weighted by atomic mass is 32.1. The van der Waals surface area contributed by atoms with E-state index < -0.39 is 0 Å². The van der Waals surface area contributed by atoms with Crippen LogP contribution in [0.4, 0.5) is 0 Å². The minimum Gasteiger partial charge on any atom is -0.334 e. The average Bonchev–Trinajstić information content (AvgIpc) is 3.21. The smallest absolute Gasteiger partial charge is 0.243 e. The Morgan fingerprint density at radius 2 is 1.68 bits per heavy atom. The molecule has 2 aromatic heterocycles. The van der Waals surface area contributed by atoms with Crippen molar-refractivity contribution in [3.05, 3.63) is 80.6 Å². The number of carbonyl (C=O) groups excluding carboxylic acids is 1. The lowest BCUT2D eigenvalue weighted by Crippen LogP contribution is -2.40. The van der Waals surface area contributed by atoms with Gasteiger partial charge in [0.1, 0.15) is 6.54 Å². The van der Waals surface area contributed by atoms with Gasteiger partial charge in [-0.15, -0.1) is 11.3 Å². The first kappa shape index (κ1) is 17.2. The lowest BCUT2D eigenvalue weighted by molar-refractivity contribution is -0.134. The zero-order valence-electron chi connectivity index (χ0n) is 15.6. The van der Waals surface area contributed by atoms with Crippen molar-refractivity contribution in [2.45, 2.75) is 25.9 Å². The highest BCUT2D eigenvalue weighted by Gasteiger charge is 2.28. The third-order valence-corrected chi connectivity index (χ3v) is 6.77. The van der Waals surface area contributed by atoms with Crippen LogP contribution in [-0.4, -0.2) is 21.9 Å². The molecule has 0 saturated heterocycles. The normalized spacial score (nSPS) is 16.5. The van der Waals surface area contributed by atoms with E-state index in [2.05, 4.69) is 18.4 Å². The van der Waals surface area contributed by atoms with Gasteiger partial charge < -0.3 is 9.47 Å². The second-order valence-corrected chi connectivity index (χ2v) is 8.26. The van der Waals surface area contributed by atoms with Gasteiger partial charge in [0.15, 0.2) is 5.43 Å². The van der Waals surface area contributed by atoms with E-state index in [1.54, 1.807) is 11.3 Å². The molecule has 1 aliphatic rings. The number of amides is 1. The Morgan fingerprint density at radius 3 is 2.36 bits per heavy atom. The first-order valence-electron chi connectivity index (χ1n) is 9.51. The van der Waals surface area contributed by atoms with Crippen LogP contribution in [0.5, 0.6) is 0 Å². The van der Waals surface area contributed by atoms with Gasteiger partial charge in [-0.05, 0) is 54.6 Å². The predicted octanol–water partition coefficient (Wildman–Crippen LogP) is 4.36. The van der Waals surface area contributed by atoms with E-state index >= 15 is 0 Å². The summed E-state index contributed by atoms with van der Waals surface area (Å²) in [6, 6.07) is 17.3. The zero-order chi connectivity index (χ0) is 19.3. The minimum absolute atomic E-state index is 0.0177. The van der Waals surface area contributed by atoms with E-state index in [1.807, 2.05) is 58.0 Å². The van der Waals surface area contributed by atoms with Crippen molar-refractivity contribution in [3.8, 4) is 0 Å². The van der Waals surface area contributed by atoms with Gasteiger partial charge in [0.2, 0.25) is 5.91 Å². The van der Waals surface area contributed by atoms with Crippen LogP contribution in [0.2, 0.25) is 0 Å². The summed E-state index contributed by atoms with van der Waals surface area (Å²) < 4.78 is 1.99. The fraction of sp³-hybridized carbons (Fsp3) is 0.217. The summed E-state index contributed by atoms with van der Waals surface area (Å²) in [4.78, 5) is 29.5. The number of aromatic nitrogens is 1. The SMILES string of the molecule is C[C@@H]1c2ccsc2CCN1C(=O)Cn1c2ccccc2c(=O)c2ccccc21. The average molecular weight is 388 g/mol. The molecule has 2 aromatic carbocycles. The molecule has 3 heterocycles. The number of carbonyl (C=O) groups is 1. The molecule has 5 rings (SSSR count). The van der Waals surface area contributed by atoms with Crippen LogP contribution >= 0.6 is 11.3 Å². The summed E-state index contributed by atoms with van der Waals surface area (Å²) in [7, 11) is 0. The molecule has 1 amide bonds. The molecule has 0 unspecified atom stereocenters. The third-order valence-electron chi connectivity index (χ3n) is 5.77. The molecule has 0 radical (unpaired) electrons. The molecule has 1 atom stereocenters. The Bertz CT molecular complexity index is 1210. The van der Waals surface area contributed by atoms with Gasteiger partial charge in [-0.25, -0.2) is 0 Å². The van der Waals surface area contributed by atoms with Crippen LogP contribution in [0.15, 0.2) is 64.8 Å². The topological polar surface area (TPSA) is 42.3 Å². The fourth-order valence-electron chi connectivity index (χ4n) is 4.32.